The van der Waals surface area contributed by atoms with Crippen molar-refractivity contribution in [3.63, 3.8) is 0 Å². The third kappa shape index (κ3) is 4.73. The number of hydrogen-bond donors (Lipinski definition) is 2. The SMILES string of the molecule is CSc1ccccc1NC(=O)CN1CCCC(C(C)N)C1. The van der Waals surface area contributed by atoms with Crippen molar-refractivity contribution >= 4 is 23.4 Å². The molecule has 1 fully saturated rings. The van der Waals surface area contributed by atoms with Gasteiger partial charge >= 0.3 is 0 Å². The van der Waals surface area contributed by atoms with E-state index in [1.807, 2.05) is 30.5 Å². The fraction of sp³-hybridized carbons (Fsp3) is 0.562. The molecule has 0 aromatic heterocycles. The van der Waals surface area contributed by atoms with Crippen LogP contribution < -0.4 is 11.1 Å². The van der Waals surface area contributed by atoms with Gasteiger partial charge in [0.05, 0.1) is 12.2 Å². The molecule has 1 aliphatic rings. The van der Waals surface area contributed by atoms with Crippen molar-refractivity contribution < 1.29 is 4.79 Å². The Kier molecular flexibility index (Phi) is 6.08. The first-order valence-electron chi connectivity index (χ1n) is 7.51. The number of nitrogens with zero attached hydrogens (tertiary/aromatic N) is 1. The Labute approximate surface area is 131 Å². The van der Waals surface area contributed by atoms with E-state index >= 15 is 0 Å². The molecular weight excluding hydrogens is 282 g/mol. The van der Waals surface area contributed by atoms with Crippen molar-refractivity contribution in [2.45, 2.75) is 30.7 Å². The van der Waals surface area contributed by atoms with Crippen LogP contribution in [0.2, 0.25) is 0 Å². The minimum atomic E-state index is 0.0572. The van der Waals surface area contributed by atoms with Gasteiger partial charge in [-0.2, -0.15) is 0 Å². The van der Waals surface area contributed by atoms with Crippen molar-refractivity contribution in [3.05, 3.63) is 24.3 Å². The van der Waals surface area contributed by atoms with Crippen molar-refractivity contribution in [1.82, 2.24) is 4.90 Å². The Morgan fingerprint density at radius 1 is 1.52 bits per heavy atom. The molecule has 1 amide bonds. The van der Waals surface area contributed by atoms with Gasteiger partial charge in [0.25, 0.3) is 0 Å². The van der Waals surface area contributed by atoms with Crippen molar-refractivity contribution in [1.29, 1.82) is 0 Å². The Morgan fingerprint density at radius 2 is 2.29 bits per heavy atom. The number of carbonyl (C=O) groups is 1. The summed E-state index contributed by atoms with van der Waals surface area (Å²) in [4.78, 5) is 15.5. The summed E-state index contributed by atoms with van der Waals surface area (Å²) in [5.74, 6) is 0.562. The number of piperidine rings is 1. The number of thioether (sulfide) groups is 1. The summed E-state index contributed by atoms with van der Waals surface area (Å²) in [5, 5.41) is 3.02. The van der Waals surface area contributed by atoms with Gasteiger partial charge in [0.15, 0.2) is 0 Å². The molecule has 2 rings (SSSR count). The number of carbonyl (C=O) groups excluding carboxylic acids is 1. The third-order valence-corrected chi connectivity index (χ3v) is 4.83. The summed E-state index contributed by atoms with van der Waals surface area (Å²) < 4.78 is 0. The summed E-state index contributed by atoms with van der Waals surface area (Å²) in [7, 11) is 0. The lowest BCUT2D eigenvalue weighted by atomic mass is 9.92. The lowest BCUT2D eigenvalue weighted by Gasteiger charge is -2.34. The van der Waals surface area contributed by atoms with E-state index < -0.39 is 0 Å². The van der Waals surface area contributed by atoms with Gasteiger partial charge in [-0.3, -0.25) is 9.69 Å². The van der Waals surface area contributed by atoms with Crippen molar-refractivity contribution in [3.8, 4) is 0 Å². The molecule has 2 unspecified atom stereocenters. The fourth-order valence-electron chi connectivity index (χ4n) is 2.80. The van der Waals surface area contributed by atoms with Gasteiger partial charge in [-0.05, 0) is 50.6 Å². The third-order valence-electron chi connectivity index (χ3n) is 4.03. The molecule has 1 saturated heterocycles. The largest absolute Gasteiger partial charge is 0.328 e. The van der Waals surface area contributed by atoms with E-state index in [2.05, 4.69) is 17.1 Å². The van der Waals surface area contributed by atoms with Crippen LogP contribution in [0.25, 0.3) is 0 Å². The molecule has 0 aliphatic carbocycles. The maximum Gasteiger partial charge on any atom is 0.238 e. The normalized spacial score (nSPS) is 21.0. The van der Waals surface area contributed by atoms with Crippen LogP contribution in [0.1, 0.15) is 19.8 Å². The molecule has 1 aromatic rings. The zero-order valence-corrected chi connectivity index (χ0v) is 13.7. The molecular formula is C16H25N3OS. The van der Waals surface area contributed by atoms with Crippen LogP contribution in [-0.2, 0) is 4.79 Å². The fourth-order valence-corrected chi connectivity index (χ4v) is 3.36. The van der Waals surface area contributed by atoms with E-state index in [4.69, 9.17) is 5.73 Å². The lowest BCUT2D eigenvalue weighted by molar-refractivity contribution is -0.117. The van der Waals surface area contributed by atoms with E-state index in [1.165, 1.54) is 6.42 Å². The van der Waals surface area contributed by atoms with Crippen LogP contribution in [-0.4, -0.2) is 42.7 Å². The minimum absolute atomic E-state index is 0.0572. The van der Waals surface area contributed by atoms with Crippen molar-refractivity contribution in [2.75, 3.05) is 31.2 Å². The Bertz CT molecular complexity index is 478. The topological polar surface area (TPSA) is 58.4 Å². The predicted octanol–water partition coefficient (Wildman–Crippen LogP) is 2.41. The zero-order chi connectivity index (χ0) is 15.2. The van der Waals surface area contributed by atoms with Gasteiger partial charge in [-0.15, -0.1) is 11.8 Å². The van der Waals surface area contributed by atoms with Crippen molar-refractivity contribution in [2.24, 2.45) is 11.7 Å². The Hall–Kier alpha value is -1.04. The quantitative estimate of drug-likeness (QED) is 0.820. The summed E-state index contributed by atoms with van der Waals surface area (Å²) >= 11 is 1.64. The molecule has 1 heterocycles. The number of benzene rings is 1. The number of hydrogen-bond acceptors (Lipinski definition) is 4. The average Bonchev–Trinajstić information content (AvgIpc) is 2.48. The molecule has 0 spiro atoms. The molecule has 0 saturated carbocycles. The number of rotatable bonds is 5. The second-order valence-electron chi connectivity index (χ2n) is 5.75. The first-order chi connectivity index (χ1) is 10.1. The first kappa shape index (κ1) is 16.3. The van der Waals surface area contributed by atoms with Crippen LogP contribution in [0, 0.1) is 5.92 Å². The van der Waals surface area contributed by atoms with Gasteiger partial charge in [-0.25, -0.2) is 0 Å². The average molecular weight is 307 g/mol. The summed E-state index contributed by atoms with van der Waals surface area (Å²) in [6, 6.07) is 8.10. The number of para-hydroxylation sites is 1. The number of nitrogens with one attached hydrogen (secondary N) is 1. The highest BCUT2D eigenvalue weighted by atomic mass is 32.2. The number of amides is 1. The summed E-state index contributed by atoms with van der Waals surface area (Å²) in [5.41, 5.74) is 6.89. The van der Waals surface area contributed by atoms with E-state index in [0.717, 1.165) is 30.1 Å². The second kappa shape index (κ2) is 7.82. The Morgan fingerprint density at radius 3 is 3.00 bits per heavy atom. The Balaban J connectivity index is 1.89. The molecule has 0 radical (unpaired) electrons. The highest BCUT2D eigenvalue weighted by molar-refractivity contribution is 7.98. The number of likely N-dealkylation sites (tertiary alicyclic amines) is 1. The van der Waals surface area contributed by atoms with Gasteiger partial charge < -0.3 is 11.1 Å². The molecule has 1 aliphatic heterocycles. The van der Waals surface area contributed by atoms with E-state index in [1.54, 1.807) is 11.8 Å². The number of anilines is 1. The molecule has 1 aromatic carbocycles. The van der Waals surface area contributed by atoms with Crippen LogP contribution in [0.15, 0.2) is 29.2 Å². The maximum atomic E-state index is 12.2. The first-order valence-corrected chi connectivity index (χ1v) is 8.73. The molecule has 4 nitrogen and oxygen atoms in total. The van der Waals surface area contributed by atoms with Crippen LogP contribution in [0.4, 0.5) is 5.69 Å². The van der Waals surface area contributed by atoms with Gasteiger partial charge in [-0.1, -0.05) is 12.1 Å². The van der Waals surface area contributed by atoms with E-state index in [9.17, 15) is 4.79 Å². The van der Waals surface area contributed by atoms with Gasteiger partial charge in [0, 0.05) is 17.5 Å². The minimum Gasteiger partial charge on any atom is -0.328 e. The molecule has 5 heteroatoms. The van der Waals surface area contributed by atoms with E-state index in [0.29, 0.717) is 12.5 Å². The molecule has 3 N–H and O–H groups in total. The predicted molar refractivity (Wildman–Crippen MR) is 89.7 cm³/mol. The molecule has 2 atom stereocenters. The molecule has 116 valence electrons. The number of nitrogens with two attached hydrogens (primary N) is 1. The van der Waals surface area contributed by atoms with Crippen LogP contribution >= 0.6 is 11.8 Å². The van der Waals surface area contributed by atoms with Crippen LogP contribution in [0.5, 0.6) is 0 Å². The maximum absolute atomic E-state index is 12.2. The zero-order valence-electron chi connectivity index (χ0n) is 12.8. The van der Waals surface area contributed by atoms with E-state index in [-0.39, 0.29) is 11.9 Å². The van der Waals surface area contributed by atoms with Gasteiger partial charge in [0.1, 0.15) is 0 Å². The molecule has 0 bridgehead atoms. The highest BCUT2D eigenvalue weighted by Crippen LogP contribution is 2.24. The van der Waals surface area contributed by atoms with Gasteiger partial charge in [0.2, 0.25) is 5.91 Å². The summed E-state index contributed by atoms with van der Waals surface area (Å²) in [6.07, 6.45) is 4.31. The van der Waals surface area contributed by atoms with Crippen LogP contribution in [0.3, 0.4) is 0 Å². The monoisotopic (exact) mass is 307 g/mol. The second-order valence-corrected chi connectivity index (χ2v) is 6.59. The highest BCUT2D eigenvalue weighted by Gasteiger charge is 2.24. The smallest absolute Gasteiger partial charge is 0.238 e. The molecule has 21 heavy (non-hydrogen) atoms. The summed E-state index contributed by atoms with van der Waals surface area (Å²) in [6.45, 7) is 4.42. The standard InChI is InChI=1S/C16H25N3OS/c1-12(17)13-6-5-9-19(10-13)11-16(20)18-14-7-3-4-8-15(14)21-2/h3-4,7-8,12-13H,5-6,9-11,17H2,1-2H3,(H,18,20). The lowest BCUT2D eigenvalue weighted by Crippen LogP contribution is -2.45.